The van der Waals surface area contributed by atoms with Crippen molar-refractivity contribution < 1.29 is 0 Å². The van der Waals surface area contributed by atoms with Crippen LogP contribution in [0.4, 0.5) is 5.82 Å². The Morgan fingerprint density at radius 3 is 2.60 bits per heavy atom. The van der Waals surface area contributed by atoms with E-state index in [1.807, 2.05) is 0 Å². The van der Waals surface area contributed by atoms with Crippen LogP contribution >= 0.6 is 0 Å². The molecule has 106 valence electrons. The minimum absolute atomic E-state index is 0.456. The second-order valence-corrected chi connectivity index (χ2v) is 6.51. The zero-order valence-corrected chi connectivity index (χ0v) is 12.4. The van der Waals surface area contributed by atoms with Gasteiger partial charge in [0.2, 0.25) is 0 Å². The molecule has 3 nitrogen and oxygen atoms in total. The third-order valence-electron chi connectivity index (χ3n) is 4.40. The Labute approximate surface area is 120 Å². The summed E-state index contributed by atoms with van der Waals surface area (Å²) in [7, 11) is 0. The summed E-state index contributed by atoms with van der Waals surface area (Å²) in [6, 6.07) is 10.6. The Morgan fingerprint density at radius 2 is 1.90 bits per heavy atom. The molecule has 1 fully saturated rings. The number of fused-ring (bicyclic) bond motifs is 1. The number of nitrogens with zero attached hydrogens (tertiary/aromatic N) is 2. The van der Waals surface area contributed by atoms with Gasteiger partial charge in [-0.2, -0.15) is 0 Å². The SMILES string of the molecule is CC1(C)CCN(c2nc(CN)cc3ccccc23)CC1. The third-order valence-corrected chi connectivity index (χ3v) is 4.40. The summed E-state index contributed by atoms with van der Waals surface area (Å²) in [5.74, 6) is 1.11. The lowest BCUT2D eigenvalue weighted by Gasteiger charge is -2.38. The predicted molar refractivity (Wildman–Crippen MR) is 84.9 cm³/mol. The molecule has 0 amide bonds. The first-order valence-corrected chi connectivity index (χ1v) is 7.43. The maximum absolute atomic E-state index is 5.80. The number of rotatable bonds is 2. The van der Waals surface area contributed by atoms with Crippen molar-refractivity contribution in [2.75, 3.05) is 18.0 Å². The van der Waals surface area contributed by atoms with E-state index in [2.05, 4.69) is 49.1 Å². The Morgan fingerprint density at radius 1 is 1.20 bits per heavy atom. The first-order valence-electron chi connectivity index (χ1n) is 7.43. The normalized spacial score (nSPS) is 18.4. The van der Waals surface area contributed by atoms with Gasteiger partial charge in [0.1, 0.15) is 5.82 Å². The molecule has 3 heteroatoms. The molecule has 0 radical (unpaired) electrons. The van der Waals surface area contributed by atoms with Crippen molar-refractivity contribution in [3.05, 3.63) is 36.0 Å². The van der Waals surface area contributed by atoms with Crippen molar-refractivity contribution >= 4 is 16.6 Å². The van der Waals surface area contributed by atoms with Crippen molar-refractivity contribution in [3.8, 4) is 0 Å². The van der Waals surface area contributed by atoms with Crippen LogP contribution in [0.3, 0.4) is 0 Å². The lowest BCUT2D eigenvalue weighted by molar-refractivity contribution is 0.279. The molecule has 2 aromatic rings. The molecular formula is C17H23N3. The van der Waals surface area contributed by atoms with Gasteiger partial charge in [0, 0.05) is 25.0 Å². The van der Waals surface area contributed by atoms with Gasteiger partial charge in [0.25, 0.3) is 0 Å². The van der Waals surface area contributed by atoms with E-state index in [0.717, 1.165) is 24.6 Å². The van der Waals surface area contributed by atoms with Gasteiger partial charge in [0.05, 0.1) is 5.69 Å². The summed E-state index contributed by atoms with van der Waals surface area (Å²) in [5.41, 5.74) is 7.23. The summed E-state index contributed by atoms with van der Waals surface area (Å²) in [6.07, 6.45) is 2.44. The van der Waals surface area contributed by atoms with Crippen LogP contribution in [0.5, 0.6) is 0 Å². The molecule has 0 aliphatic carbocycles. The van der Waals surface area contributed by atoms with Gasteiger partial charge in [-0.1, -0.05) is 38.1 Å². The molecule has 0 saturated carbocycles. The highest BCUT2D eigenvalue weighted by atomic mass is 15.2. The van der Waals surface area contributed by atoms with Crippen LogP contribution in [0.25, 0.3) is 10.8 Å². The largest absolute Gasteiger partial charge is 0.356 e. The summed E-state index contributed by atoms with van der Waals surface area (Å²) in [4.78, 5) is 7.22. The molecular weight excluding hydrogens is 246 g/mol. The van der Waals surface area contributed by atoms with Crippen molar-refractivity contribution in [2.24, 2.45) is 11.1 Å². The zero-order chi connectivity index (χ0) is 14.2. The summed E-state index contributed by atoms with van der Waals surface area (Å²) < 4.78 is 0. The van der Waals surface area contributed by atoms with E-state index >= 15 is 0 Å². The molecule has 3 rings (SSSR count). The number of benzene rings is 1. The molecule has 0 spiro atoms. The highest BCUT2D eigenvalue weighted by Gasteiger charge is 2.26. The van der Waals surface area contributed by atoms with E-state index in [1.165, 1.54) is 23.6 Å². The molecule has 2 heterocycles. The van der Waals surface area contributed by atoms with Gasteiger partial charge in [-0.25, -0.2) is 4.98 Å². The van der Waals surface area contributed by atoms with E-state index in [0.29, 0.717) is 12.0 Å². The second kappa shape index (κ2) is 5.06. The second-order valence-electron chi connectivity index (χ2n) is 6.51. The fourth-order valence-corrected chi connectivity index (χ4v) is 2.90. The molecule has 1 aromatic heterocycles. The lowest BCUT2D eigenvalue weighted by Crippen LogP contribution is -2.38. The van der Waals surface area contributed by atoms with Crippen LogP contribution in [-0.4, -0.2) is 18.1 Å². The minimum Gasteiger partial charge on any atom is -0.356 e. The summed E-state index contributed by atoms with van der Waals surface area (Å²) in [5, 5.41) is 2.48. The van der Waals surface area contributed by atoms with E-state index < -0.39 is 0 Å². The van der Waals surface area contributed by atoms with Crippen LogP contribution in [-0.2, 0) is 6.54 Å². The summed E-state index contributed by atoms with van der Waals surface area (Å²) in [6.45, 7) is 7.37. The molecule has 1 aliphatic heterocycles. The average Bonchev–Trinajstić information content (AvgIpc) is 2.46. The average molecular weight is 269 g/mol. The highest BCUT2D eigenvalue weighted by molar-refractivity contribution is 5.92. The van der Waals surface area contributed by atoms with Crippen LogP contribution in [0.15, 0.2) is 30.3 Å². The van der Waals surface area contributed by atoms with Gasteiger partial charge in [0.15, 0.2) is 0 Å². The van der Waals surface area contributed by atoms with E-state index in [1.54, 1.807) is 0 Å². The molecule has 0 bridgehead atoms. The van der Waals surface area contributed by atoms with E-state index in [4.69, 9.17) is 10.7 Å². The first-order chi connectivity index (χ1) is 9.59. The molecule has 1 saturated heterocycles. The molecule has 0 atom stereocenters. The smallest absolute Gasteiger partial charge is 0.136 e. The van der Waals surface area contributed by atoms with E-state index in [9.17, 15) is 0 Å². The topological polar surface area (TPSA) is 42.2 Å². The van der Waals surface area contributed by atoms with Gasteiger partial charge in [-0.05, 0) is 29.7 Å². The monoisotopic (exact) mass is 269 g/mol. The number of nitrogens with two attached hydrogens (primary N) is 1. The fraction of sp³-hybridized carbons (Fsp3) is 0.471. The number of hydrogen-bond acceptors (Lipinski definition) is 3. The van der Waals surface area contributed by atoms with Crippen LogP contribution < -0.4 is 10.6 Å². The lowest BCUT2D eigenvalue weighted by atomic mass is 9.82. The Balaban J connectivity index is 2.02. The van der Waals surface area contributed by atoms with Crippen molar-refractivity contribution in [3.63, 3.8) is 0 Å². The van der Waals surface area contributed by atoms with Crippen LogP contribution in [0, 0.1) is 5.41 Å². The van der Waals surface area contributed by atoms with Crippen molar-refractivity contribution in [1.82, 2.24) is 4.98 Å². The molecule has 20 heavy (non-hydrogen) atoms. The Hall–Kier alpha value is -1.61. The van der Waals surface area contributed by atoms with Crippen LogP contribution in [0.2, 0.25) is 0 Å². The number of aromatic nitrogens is 1. The zero-order valence-electron chi connectivity index (χ0n) is 12.4. The number of anilines is 1. The first kappa shape index (κ1) is 13.4. The standard InChI is InChI=1S/C17H23N3/c1-17(2)7-9-20(10-8-17)16-15-6-4-3-5-13(15)11-14(12-18)19-16/h3-6,11H,7-10,12,18H2,1-2H3. The summed E-state index contributed by atoms with van der Waals surface area (Å²) >= 11 is 0. The molecule has 1 aromatic carbocycles. The van der Waals surface area contributed by atoms with Gasteiger partial charge in [-0.3, -0.25) is 0 Å². The van der Waals surface area contributed by atoms with Gasteiger partial charge in [-0.15, -0.1) is 0 Å². The third kappa shape index (κ3) is 2.50. The Kier molecular flexibility index (Phi) is 3.38. The number of pyridine rings is 1. The molecule has 2 N–H and O–H groups in total. The molecule has 1 aliphatic rings. The maximum Gasteiger partial charge on any atom is 0.136 e. The maximum atomic E-state index is 5.80. The minimum atomic E-state index is 0.456. The highest BCUT2D eigenvalue weighted by Crippen LogP contribution is 2.34. The van der Waals surface area contributed by atoms with Crippen molar-refractivity contribution in [2.45, 2.75) is 33.2 Å². The van der Waals surface area contributed by atoms with Gasteiger partial charge < -0.3 is 10.6 Å². The number of piperidine rings is 1. The van der Waals surface area contributed by atoms with E-state index in [-0.39, 0.29) is 0 Å². The fourth-order valence-electron chi connectivity index (χ4n) is 2.90. The van der Waals surface area contributed by atoms with Crippen molar-refractivity contribution in [1.29, 1.82) is 0 Å². The Bertz CT molecular complexity index is 609. The number of hydrogen-bond donors (Lipinski definition) is 1. The quantitative estimate of drug-likeness (QED) is 0.909. The van der Waals surface area contributed by atoms with Crippen LogP contribution in [0.1, 0.15) is 32.4 Å². The predicted octanol–water partition coefficient (Wildman–Crippen LogP) is 3.32. The molecule has 0 unspecified atom stereocenters. The van der Waals surface area contributed by atoms with Gasteiger partial charge >= 0.3 is 0 Å².